The molecule has 2 nitrogen and oxygen atoms in total. The lowest BCUT2D eigenvalue weighted by Crippen LogP contribution is -2.17. The summed E-state index contributed by atoms with van der Waals surface area (Å²) in [7, 11) is -2.12. The second-order valence-corrected chi connectivity index (χ2v) is 7.45. The molecule has 15 heavy (non-hydrogen) atoms. The predicted molar refractivity (Wildman–Crippen MR) is 64.5 cm³/mol. The van der Waals surface area contributed by atoms with Gasteiger partial charge in [-0.25, -0.2) is 0 Å². The molecule has 1 aliphatic carbocycles. The fourth-order valence-corrected chi connectivity index (χ4v) is 4.14. The number of nitrogens with one attached hydrogen (secondary N) is 1. The largest absolute Gasteiger partial charge is 0.307 e. The lowest BCUT2D eigenvalue weighted by atomic mass is 10.1. The van der Waals surface area contributed by atoms with Gasteiger partial charge in [0.2, 0.25) is 0 Å². The molecule has 1 fully saturated rings. The zero-order chi connectivity index (χ0) is 10.9. The summed E-state index contributed by atoms with van der Waals surface area (Å²) in [6.45, 7) is 3.96. The smallest absolute Gasteiger partial charge is 0.148 e. The van der Waals surface area contributed by atoms with Gasteiger partial charge in [0.15, 0.2) is 0 Å². The monoisotopic (exact) mass is 223 g/mol. The average molecular weight is 223 g/mol. The Kier molecular flexibility index (Phi) is 2.99. The van der Waals surface area contributed by atoms with Gasteiger partial charge >= 0.3 is 0 Å². The topological polar surface area (TPSA) is 29.1 Å². The van der Waals surface area contributed by atoms with Crippen molar-refractivity contribution in [1.29, 1.82) is 0 Å². The molecule has 0 amide bonds. The van der Waals surface area contributed by atoms with E-state index in [0.29, 0.717) is 5.66 Å². The van der Waals surface area contributed by atoms with Crippen molar-refractivity contribution in [2.75, 3.05) is 6.66 Å². The van der Waals surface area contributed by atoms with Gasteiger partial charge in [0.1, 0.15) is 7.29 Å². The van der Waals surface area contributed by atoms with Crippen molar-refractivity contribution in [3.05, 3.63) is 35.9 Å². The SMILES string of the molecule is CC(NP(C)(=O)C1CC1)c1ccccc1. The molecule has 3 heteroatoms. The lowest BCUT2D eigenvalue weighted by Gasteiger charge is -2.20. The van der Waals surface area contributed by atoms with Crippen LogP contribution < -0.4 is 5.09 Å². The van der Waals surface area contributed by atoms with E-state index < -0.39 is 7.29 Å². The van der Waals surface area contributed by atoms with E-state index in [2.05, 4.69) is 24.1 Å². The maximum absolute atomic E-state index is 12.2. The zero-order valence-electron chi connectivity index (χ0n) is 9.31. The molecule has 1 aliphatic rings. The van der Waals surface area contributed by atoms with Gasteiger partial charge in [-0.05, 0) is 25.3 Å². The van der Waals surface area contributed by atoms with Crippen LogP contribution in [0.2, 0.25) is 0 Å². The van der Waals surface area contributed by atoms with E-state index in [9.17, 15) is 4.57 Å². The molecule has 1 aromatic carbocycles. The van der Waals surface area contributed by atoms with Crippen LogP contribution in [0.3, 0.4) is 0 Å². The molecular formula is C12H18NOP. The molecular weight excluding hydrogens is 205 g/mol. The Morgan fingerprint density at radius 3 is 2.47 bits per heavy atom. The van der Waals surface area contributed by atoms with Gasteiger partial charge in [-0.1, -0.05) is 30.3 Å². The molecule has 1 saturated carbocycles. The van der Waals surface area contributed by atoms with Crippen LogP contribution in [-0.4, -0.2) is 12.3 Å². The number of rotatable bonds is 4. The Hall–Kier alpha value is -0.590. The average Bonchev–Trinajstić information content (AvgIpc) is 3.01. The first-order valence-electron chi connectivity index (χ1n) is 5.49. The van der Waals surface area contributed by atoms with E-state index in [1.807, 2.05) is 24.9 Å². The summed E-state index contributed by atoms with van der Waals surface area (Å²) >= 11 is 0. The van der Waals surface area contributed by atoms with Gasteiger partial charge < -0.3 is 4.57 Å². The van der Waals surface area contributed by atoms with Crippen molar-refractivity contribution in [1.82, 2.24) is 5.09 Å². The zero-order valence-corrected chi connectivity index (χ0v) is 10.2. The van der Waals surface area contributed by atoms with Crippen LogP contribution in [0.1, 0.15) is 31.4 Å². The van der Waals surface area contributed by atoms with Gasteiger partial charge in [0.05, 0.1) is 0 Å². The van der Waals surface area contributed by atoms with Crippen LogP contribution in [0.5, 0.6) is 0 Å². The van der Waals surface area contributed by atoms with Gasteiger partial charge in [-0.3, -0.25) is 5.09 Å². The standard InChI is InChI=1S/C12H18NOP/c1-10(11-6-4-3-5-7-11)13-15(2,14)12-8-9-12/h3-7,10,12H,8-9H2,1-2H3,(H,13,14). The predicted octanol–water partition coefficient (Wildman–Crippen LogP) is 3.41. The van der Waals surface area contributed by atoms with Crippen molar-refractivity contribution in [3.63, 3.8) is 0 Å². The Balaban J connectivity index is 2.03. The fraction of sp³-hybridized carbons (Fsp3) is 0.500. The van der Waals surface area contributed by atoms with Crippen LogP contribution in [0.4, 0.5) is 0 Å². The molecule has 82 valence electrons. The first kappa shape index (κ1) is 10.9. The summed E-state index contributed by atoms with van der Waals surface area (Å²) < 4.78 is 12.2. The second-order valence-electron chi connectivity index (χ2n) is 4.48. The summed E-state index contributed by atoms with van der Waals surface area (Å²) in [5.41, 5.74) is 1.64. The van der Waals surface area contributed by atoms with Crippen LogP contribution in [0.25, 0.3) is 0 Å². The highest BCUT2D eigenvalue weighted by molar-refractivity contribution is 7.62. The summed E-state index contributed by atoms with van der Waals surface area (Å²) in [4.78, 5) is 0. The number of hydrogen-bond donors (Lipinski definition) is 1. The van der Waals surface area contributed by atoms with E-state index >= 15 is 0 Å². The highest BCUT2D eigenvalue weighted by atomic mass is 31.2. The third kappa shape index (κ3) is 2.70. The molecule has 0 aliphatic heterocycles. The molecule has 0 saturated heterocycles. The van der Waals surface area contributed by atoms with Gasteiger partial charge in [0, 0.05) is 18.4 Å². The summed E-state index contributed by atoms with van der Waals surface area (Å²) in [6, 6.07) is 10.4. The Morgan fingerprint density at radius 2 is 1.93 bits per heavy atom. The van der Waals surface area contributed by atoms with Crippen LogP contribution in [0, 0.1) is 0 Å². The molecule has 2 atom stereocenters. The lowest BCUT2D eigenvalue weighted by molar-refractivity contribution is 0.557. The number of benzene rings is 1. The normalized spacial score (nSPS) is 22.0. The van der Waals surface area contributed by atoms with E-state index in [1.165, 1.54) is 5.56 Å². The third-order valence-electron chi connectivity index (χ3n) is 2.99. The van der Waals surface area contributed by atoms with E-state index in [1.54, 1.807) is 0 Å². The van der Waals surface area contributed by atoms with Crippen LogP contribution >= 0.6 is 7.29 Å². The van der Waals surface area contributed by atoms with Crippen molar-refractivity contribution in [2.45, 2.75) is 31.5 Å². The molecule has 0 spiro atoms. The van der Waals surface area contributed by atoms with E-state index in [-0.39, 0.29) is 6.04 Å². The van der Waals surface area contributed by atoms with E-state index in [0.717, 1.165) is 12.8 Å². The maximum Gasteiger partial charge on any atom is 0.148 e. The summed E-state index contributed by atoms with van der Waals surface area (Å²) in [5, 5.41) is 3.29. The highest BCUT2D eigenvalue weighted by Gasteiger charge is 2.37. The van der Waals surface area contributed by atoms with Gasteiger partial charge in [-0.2, -0.15) is 0 Å². The minimum atomic E-state index is -2.12. The Bertz CT molecular complexity index is 372. The van der Waals surface area contributed by atoms with E-state index in [4.69, 9.17) is 0 Å². The van der Waals surface area contributed by atoms with Crippen molar-refractivity contribution in [3.8, 4) is 0 Å². The minimum absolute atomic E-state index is 0.183. The summed E-state index contributed by atoms with van der Waals surface area (Å²) in [6.07, 6.45) is 2.25. The summed E-state index contributed by atoms with van der Waals surface area (Å²) in [5.74, 6) is 0. The van der Waals surface area contributed by atoms with Crippen LogP contribution in [-0.2, 0) is 4.57 Å². The first-order chi connectivity index (χ1) is 7.09. The van der Waals surface area contributed by atoms with Crippen LogP contribution in [0.15, 0.2) is 30.3 Å². The minimum Gasteiger partial charge on any atom is -0.307 e. The van der Waals surface area contributed by atoms with Gasteiger partial charge in [-0.15, -0.1) is 0 Å². The third-order valence-corrected chi connectivity index (χ3v) is 5.80. The second kappa shape index (κ2) is 4.11. The van der Waals surface area contributed by atoms with Crippen molar-refractivity contribution in [2.24, 2.45) is 0 Å². The maximum atomic E-state index is 12.2. The van der Waals surface area contributed by atoms with Crippen molar-refractivity contribution >= 4 is 7.29 Å². The Morgan fingerprint density at radius 1 is 1.33 bits per heavy atom. The molecule has 1 aromatic rings. The Labute approximate surface area is 91.5 Å². The molecule has 1 N–H and O–H groups in total. The number of hydrogen-bond acceptors (Lipinski definition) is 1. The highest BCUT2D eigenvalue weighted by Crippen LogP contribution is 2.56. The van der Waals surface area contributed by atoms with Gasteiger partial charge in [0.25, 0.3) is 0 Å². The quantitative estimate of drug-likeness (QED) is 0.792. The molecule has 2 unspecified atom stereocenters. The fourth-order valence-electron chi connectivity index (χ4n) is 1.87. The molecule has 0 heterocycles. The van der Waals surface area contributed by atoms with Crippen molar-refractivity contribution < 1.29 is 4.57 Å². The molecule has 2 rings (SSSR count). The molecule has 0 aromatic heterocycles. The molecule has 0 bridgehead atoms. The molecule has 0 radical (unpaired) electrons. The first-order valence-corrected chi connectivity index (χ1v) is 7.72.